The first-order valence-electron chi connectivity index (χ1n) is 9.94. The zero-order chi connectivity index (χ0) is 22.4. The number of allylic oxidation sites excluding steroid dienone is 1. The van der Waals surface area contributed by atoms with Gasteiger partial charge in [0.2, 0.25) is 0 Å². The lowest BCUT2D eigenvalue weighted by Crippen LogP contribution is -2.17. The monoisotopic (exact) mass is 452 g/mol. The summed E-state index contributed by atoms with van der Waals surface area (Å²) in [5.74, 6) is -2.35. The Labute approximate surface area is 185 Å². The van der Waals surface area contributed by atoms with Crippen LogP contribution in [0.2, 0.25) is 0 Å². The van der Waals surface area contributed by atoms with Crippen LogP contribution in [0.25, 0.3) is 26.6 Å². The number of thiophene rings is 1. The number of halogens is 2. The summed E-state index contributed by atoms with van der Waals surface area (Å²) in [6, 6.07) is 8.88. The van der Waals surface area contributed by atoms with E-state index in [9.17, 15) is 18.7 Å². The van der Waals surface area contributed by atoms with Gasteiger partial charge >= 0.3 is 5.97 Å². The zero-order valence-electron chi connectivity index (χ0n) is 17.0. The summed E-state index contributed by atoms with van der Waals surface area (Å²) in [5, 5.41) is 13.9. The molecule has 1 N–H and O–H groups in total. The van der Waals surface area contributed by atoms with Crippen molar-refractivity contribution in [1.82, 2.24) is 4.57 Å². The Hall–Kier alpha value is -3.36. The van der Waals surface area contributed by atoms with Gasteiger partial charge in [-0.25, -0.2) is 13.6 Å². The Morgan fingerprint density at radius 2 is 2.12 bits per heavy atom. The summed E-state index contributed by atoms with van der Waals surface area (Å²) in [7, 11) is 1.52. The smallest absolute Gasteiger partial charge is 0.353 e. The largest absolute Gasteiger partial charge is 0.477 e. The molecule has 0 saturated heterocycles. The second kappa shape index (κ2) is 7.96. The van der Waals surface area contributed by atoms with E-state index in [0.717, 1.165) is 33.7 Å². The molecule has 5 rings (SSSR count). The van der Waals surface area contributed by atoms with Gasteiger partial charge in [0.15, 0.2) is 6.23 Å². The van der Waals surface area contributed by atoms with Crippen LogP contribution >= 0.6 is 11.3 Å². The van der Waals surface area contributed by atoms with Crippen LogP contribution in [0.15, 0.2) is 52.8 Å². The van der Waals surface area contributed by atoms with E-state index >= 15 is 0 Å². The van der Waals surface area contributed by atoms with E-state index in [2.05, 4.69) is 4.99 Å². The molecule has 2 aromatic carbocycles. The molecule has 1 aliphatic heterocycles. The molecule has 0 spiro atoms. The molecular weight excluding hydrogens is 434 g/mol. The number of hydrogen-bond donors (Lipinski definition) is 1. The lowest BCUT2D eigenvalue weighted by Gasteiger charge is -2.19. The maximum atomic E-state index is 14.5. The average molecular weight is 452 g/mol. The molecule has 1 aliphatic rings. The van der Waals surface area contributed by atoms with Crippen LogP contribution in [0.1, 0.15) is 28.0 Å². The van der Waals surface area contributed by atoms with Gasteiger partial charge in [-0.2, -0.15) is 0 Å². The molecule has 0 saturated carbocycles. The number of rotatable bonds is 5. The number of carboxylic acid groups (broad SMARTS) is 1. The van der Waals surface area contributed by atoms with E-state index in [0.29, 0.717) is 23.1 Å². The minimum Gasteiger partial charge on any atom is -0.477 e. The Morgan fingerprint density at radius 3 is 2.91 bits per heavy atom. The van der Waals surface area contributed by atoms with Crippen molar-refractivity contribution in [2.45, 2.75) is 19.2 Å². The molecule has 162 valence electrons. The van der Waals surface area contributed by atoms with Gasteiger partial charge in [-0.05, 0) is 41.1 Å². The first-order valence-corrected chi connectivity index (χ1v) is 10.8. The van der Waals surface area contributed by atoms with E-state index in [4.69, 9.17) is 4.74 Å². The molecule has 1 unspecified atom stereocenters. The molecule has 0 aliphatic carbocycles. The van der Waals surface area contributed by atoms with E-state index in [1.54, 1.807) is 6.21 Å². The van der Waals surface area contributed by atoms with Crippen molar-refractivity contribution in [2.75, 3.05) is 7.11 Å². The van der Waals surface area contributed by atoms with Gasteiger partial charge in [-0.1, -0.05) is 12.1 Å². The zero-order valence-corrected chi connectivity index (χ0v) is 17.8. The highest BCUT2D eigenvalue weighted by molar-refractivity contribution is 7.18. The highest BCUT2D eigenvalue weighted by atomic mass is 32.1. The fourth-order valence-corrected chi connectivity index (χ4v) is 5.24. The quantitative estimate of drug-likeness (QED) is 0.422. The third-order valence-electron chi connectivity index (χ3n) is 5.65. The van der Waals surface area contributed by atoms with E-state index < -0.39 is 23.8 Å². The predicted octanol–water partition coefficient (Wildman–Crippen LogP) is 5.71. The summed E-state index contributed by atoms with van der Waals surface area (Å²) >= 11 is 1.50. The van der Waals surface area contributed by atoms with Crippen molar-refractivity contribution >= 4 is 50.1 Å². The number of hydrogen-bond acceptors (Lipinski definition) is 4. The van der Waals surface area contributed by atoms with Gasteiger partial charge in [0.05, 0.1) is 12.1 Å². The van der Waals surface area contributed by atoms with Gasteiger partial charge in [0.25, 0.3) is 0 Å². The summed E-state index contributed by atoms with van der Waals surface area (Å²) in [4.78, 5) is 17.0. The van der Waals surface area contributed by atoms with Crippen molar-refractivity contribution in [3.05, 3.63) is 76.3 Å². The van der Waals surface area contributed by atoms with E-state index in [-0.39, 0.29) is 17.8 Å². The number of nitrogens with zero attached hydrogens (tertiary/aromatic N) is 2. The van der Waals surface area contributed by atoms with Gasteiger partial charge in [-0.15, -0.1) is 11.3 Å². The lowest BCUT2D eigenvalue weighted by atomic mass is 9.97. The lowest BCUT2D eigenvalue weighted by molar-refractivity contribution is 0.0685. The fourth-order valence-electron chi connectivity index (χ4n) is 4.30. The SMILES string of the molecule is COC1N=CCC=C1c1c(C(=O)O)n(Cc2cc(F)ccc2F)c2ccc3ccsc3c12. The third-order valence-corrected chi connectivity index (χ3v) is 6.60. The highest BCUT2D eigenvalue weighted by Gasteiger charge is 2.30. The summed E-state index contributed by atoms with van der Waals surface area (Å²) in [6.07, 6.45) is 3.52. The number of methoxy groups -OCH3 is 1. The van der Waals surface area contributed by atoms with Crippen LogP contribution in [0.5, 0.6) is 0 Å². The van der Waals surface area contributed by atoms with E-state index in [1.807, 2.05) is 29.7 Å². The number of carboxylic acids is 1. The summed E-state index contributed by atoms with van der Waals surface area (Å²) in [5.41, 5.74) is 1.84. The van der Waals surface area contributed by atoms with Crippen LogP contribution < -0.4 is 0 Å². The van der Waals surface area contributed by atoms with Crippen molar-refractivity contribution in [2.24, 2.45) is 4.99 Å². The van der Waals surface area contributed by atoms with Crippen molar-refractivity contribution in [3.63, 3.8) is 0 Å². The molecule has 8 heteroatoms. The van der Waals surface area contributed by atoms with Gasteiger partial charge < -0.3 is 14.4 Å². The van der Waals surface area contributed by atoms with Crippen LogP contribution in [0, 0.1) is 11.6 Å². The molecule has 0 radical (unpaired) electrons. The highest BCUT2D eigenvalue weighted by Crippen LogP contribution is 2.41. The first kappa shape index (κ1) is 20.5. The van der Waals surface area contributed by atoms with Crippen LogP contribution in [0.4, 0.5) is 8.78 Å². The number of fused-ring (bicyclic) bond motifs is 3. The molecule has 0 bridgehead atoms. The summed E-state index contributed by atoms with van der Waals surface area (Å²) in [6.45, 7) is -0.132. The molecule has 5 nitrogen and oxygen atoms in total. The second-order valence-electron chi connectivity index (χ2n) is 7.46. The number of aromatic nitrogens is 1. The summed E-state index contributed by atoms with van der Waals surface area (Å²) < 4.78 is 36.3. The average Bonchev–Trinajstić information content (AvgIpc) is 3.38. The Kier molecular flexibility index (Phi) is 5.11. The topological polar surface area (TPSA) is 63.8 Å². The first-order chi connectivity index (χ1) is 15.5. The number of aromatic carboxylic acids is 1. The van der Waals surface area contributed by atoms with E-state index in [1.165, 1.54) is 23.0 Å². The Balaban J connectivity index is 1.87. The van der Waals surface area contributed by atoms with Crippen molar-refractivity contribution < 1.29 is 23.4 Å². The second-order valence-corrected chi connectivity index (χ2v) is 8.38. The molecule has 4 aromatic rings. The molecule has 32 heavy (non-hydrogen) atoms. The van der Waals surface area contributed by atoms with Crippen LogP contribution in [-0.2, 0) is 11.3 Å². The maximum absolute atomic E-state index is 14.5. The molecule has 2 aromatic heterocycles. The van der Waals surface area contributed by atoms with Gasteiger partial charge in [0.1, 0.15) is 17.3 Å². The standard InChI is InChI=1S/C24H18F2N2O3S/c1-31-23-16(3-2-9-27-23)19-20-18(7-4-13-8-10-32-22(13)20)28(21(19)24(29)30)12-14-11-15(25)5-6-17(14)26/h3-11,23H,2,12H2,1H3,(H,29,30). The van der Waals surface area contributed by atoms with Gasteiger partial charge in [-0.3, -0.25) is 4.99 Å². The van der Waals surface area contributed by atoms with Gasteiger partial charge in [0, 0.05) is 46.5 Å². The molecule has 0 fully saturated rings. The molecule has 0 amide bonds. The van der Waals surface area contributed by atoms with Crippen molar-refractivity contribution in [3.8, 4) is 0 Å². The van der Waals surface area contributed by atoms with Crippen LogP contribution in [0.3, 0.4) is 0 Å². The van der Waals surface area contributed by atoms with Crippen molar-refractivity contribution in [1.29, 1.82) is 0 Å². The molecule has 3 heterocycles. The number of benzene rings is 2. The maximum Gasteiger partial charge on any atom is 0.353 e. The predicted molar refractivity (Wildman–Crippen MR) is 122 cm³/mol. The molecular formula is C24H18F2N2O3S. The number of carbonyl (C=O) groups is 1. The van der Waals surface area contributed by atoms with Crippen LogP contribution in [-0.4, -0.2) is 35.2 Å². The number of ether oxygens (including phenoxy) is 1. The fraction of sp³-hybridized carbons (Fsp3) is 0.167. The molecule has 1 atom stereocenters. The number of aliphatic imine (C=N–C) groups is 1. The Bertz CT molecular complexity index is 1430. The number of dihydropyridines is 1. The minimum absolute atomic E-state index is 0.00467. The Morgan fingerprint density at radius 1 is 1.28 bits per heavy atom. The third kappa shape index (κ3) is 3.23. The minimum atomic E-state index is -1.16. The normalized spacial score (nSPS) is 16.1.